The maximum absolute atomic E-state index is 10.3. The second kappa shape index (κ2) is 7.55. The van der Waals surface area contributed by atoms with Crippen molar-refractivity contribution in [1.82, 2.24) is 14.5 Å². The third-order valence-electron chi connectivity index (χ3n) is 4.08. The Kier molecular flexibility index (Phi) is 4.81. The average Bonchev–Trinajstić information content (AvgIpc) is 3.31. The minimum atomic E-state index is -0.640. The highest BCUT2D eigenvalue weighted by atomic mass is 16.7. The molecular weight excluding hydrogens is 334 g/mol. The summed E-state index contributed by atoms with van der Waals surface area (Å²) < 4.78 is 18.2. The summed E-state index contributed by atoms with van der Waals surface area (Å²) >= 11 is 0. The van der Waals surface area contributed by atoms with Crippen molar-refractivity contribution in [3.8, 4) is 22.9 Å². The Hall–Kier alpha value is -2.90. The van der Waals surface area contributed by atoms with Gasteiger partial charge in [-0.05, 0) is 29.8 Å². The summed E-state index contributed by atoms with van der Waals surface area (Å²) in [4.78, 5) is 8.37. The van der Waals surface area contributed by atoms with Gasteiger partial charge in [0.15, 0.2) is 11.5 Å². The van der Waals surface area contributed by atoms with Crippen LogP contribution >= 0.6 is 0 Å². The molecular formula is C19H19N3O4. The van der Waals surface area contributed by atoms with Gasteiger partial charge in [-0.3, -0.25) is 4.98 Å². The summed E-state index contributed by atoms with van der Waals surface area (Å²) in [5.41, 5.74) is 1.93. The van der Waals surface area contributed by atoms with E-state index in [1.165, 1.54) is 0 Å². The van der Waals surface area contributed by atoms with Crippen molar-refractivity contribution in [3.63, 3.8) is 0 Å². The van der Waals surface area contributed by atoms with Crippen molar-refractivity contribution < 1.29 is 19.3 Å². The van der Waals surface area contributed by atoms with Gasteiger partial charge in [-0.1, -0.05) is 6.07 Å². The van der Waals surface area contributed by atoms with Gasteiger partial charge in [0.2, 0.25) is 6.79 Å². The highest BCUT2D eigenvalue weighted by Crippen LogP contribution is 2.32. The molecule has 2 aromatic heterocycles. The fourth-order valence-electron chi connectivity index (χ4n) is 2.84. The molecule has 0 saturated heterocycles. The maximum Gasteiger partial charge on any atom is 0.231 e. The van der Waals surface area contributed by atoms with Gasteiger partial charge in [-0.2, -0.15) is 0 Å². The Morgan fingerprint density at radius 2 is 1.96 bits per heavy atom. The first-order valence-corrected chi connectivity index (χ1v) is 8.35. The van der Waals surface area contributed by atoms with Gasteiger partial charge in [0.25, 0.3) is 0 Å². The van der Waals surface area contributed by atoms with Crippen LogP contribution in [0.1, 0.15) is 5.56 Å². The number of aliphatic hydroxyl groups excluding tert-OH is 1. The number of imidazole rings is 1. The molecule has 26 heavy (non-hydrogen) atoms. The normalized spacial score (nSPS) is 13.7. The summed E-state index contributed by atoms with van der Waals surface area (Å²) in [5, 5.41) is 10.3. The third kappa shape index (κ3) is 3.68. The molecule has 1 aliphatic rings. The molecule has 4 rings (SSSR count). The second-order valence-corrected chi connectivity index (χ2v) is 6.00. The highest BCUT2D eigenvalue weighted by molar-refractivity contribution is 5.54. The first-order valence-electron chi connectivity index (χ1n) is 8.35. The van der Waals surface area contributed by atoms with Gasteiger partial charge < -0.3 is 23.9 Å². The number of aromatic nitrogens is 3. The van der Waals surface area contributed by atoms with Crippen LogP contribution in [0.5, 0.6) is 11.5 Å². The Morgan fingerprint density at radius 3 is 2.85 bits per heavy atom. The number of hydrogen-bond acceptors (Lipinski definition) is 6. The van der Waals surface area contributed by atoms with Crippen molar-refractivity contribution in [2.45, 2.75) is 19.3 Å². The lowest BCUT2D eigenvalue weighted by atomic mass is 10.2. The van der Waals surface area contributed by atoms with E-state index in [4.69, 9.17) is 14.2 Å². The lowest BCUT2D eigenvalue weighted by Gasteiger charge is -2.14. The summed E-state index contributed by atoms with van der Waals surface area (Å²) in [6, 6.07) is 9.47. The third-order valence-corrected chi connectivity index (χ3v) is 4.08. The number of rotatable bonds is 7. The lowest BCUT2D eigenvalue weighted by molar-refractivity contribution is 0.0205. The maximum atomic E-state index is 10.3. The molecule has 7 heteroatoms. The van der Waals surface area contributed by atoms with E-state index >= 15 is 0 Å². The van der Waals surface area contributed by atoms with Crippen molar-refractivity contribution >= 4 is 0 Å². The molecule has 3 aromatic rings. The minimum absolute atomic E-state index is 0.225. The molecule has 0 spiro atoms. The molecule has 7 nitrogen and oxygen atoms in total. The standard InChI is InChI=1S/C19H19N3O4/c23-16(10-22-8-7-21-19(22)15-3-5-20-6-4-15)12-24-11-14-1-2-17-18(9-14)26-13-25-17/h1-9,16,23H,10-13H2. The van der Waals surface area contributed by atoms with Crippen LogP contribution in [-0.4, -0.2) is 39.1 Å². The second-order valence-electron chi connectivity index (χ2n) is 6.00. The molecule has 0 amide bonds. The van der Waals surface area contributed by atoms with Crippen molar-refractivity contribution in [3.05, 3.63) is 60.7 Å². The fraction of sp³-hybridized carbons (Fsp3) is 0.263. The van der Waals surface area contributed by atoms with Crippen LogP contribution in [0, 0.1) is 0 Å². The molecule has 0 aliphatic carbocycles. The Bertz CT molecular complexity index is 866. The van der Waals surface area contributed by atoms with E-state index in [2.05, 4.69) is 9.97 Å². The monoisotopic (exact) mass is 353 g/mol. The van der Waals surface area contributed by atoms with Crippen LogP contribution in [0.25, 0.3) is 11.4 Å². The number of nitrogens with zero attached hydrogens (tertiary/aromatic N) is 3. The number of ether oxygens (including phenoxy) is 3. The molecule has 0 bridgehead atoms. The molecule has 1 atom stereocenters. The van der Waals surface area contributed by atoms with Gasteiger partial charge in [-0.15, -0.1) is 0 Å². The summed E-state index contributed by atoms with van der Waals surface area (Å²) in [6.45, 7) is 1.28. The molecule has 134 valence electrons. The number of aliphatic hydroxyl groups is 1. The molecule has 1 unspecified atom stereocenters. The summed E-state index contributed by atoms with van der Waals surface area (Å²) in [7, 11) is 0. The molecule has 0 radical (unpaired) electrons. The van der Waals surface area contributed by atoms with E-state index < -0.39 is 6.10 Å². The molecule has 1 N–H and O–H groups in total. The Balaban J connectivity index is 1.31. The smallest absolute Gasteiger partial charge is 0.231 e. The van der Waals surface area contributed by atoms with Gasteiger partial charge in [0.05, 0.1) is 25.9 Å². The van der Waals surface area contributed by atoms with E-state index in [-0.39, 0.29) is 13.4 Å². The zero-order chi connectivity index (χ0) is 17.8. The van der Waals surface area contributed by atoms with Gasteiger partial charge >= 0.3 is 0 Å². The topological polar surface area (TPSA) is 78.6 Å². The van der Waals surface area contributed by atoms with E-state index in [1.54, 1.807) is 18.6 Å². The van der Waals surface area contributed by atoms with E-state index in [9.17, 15) is 5.11 Å². The molecule has 0 saturated carbocycles. The van der Waals surface area contributed by atoms with Crippen LogP contribution < -0.4 is 9.47 Å². The molecule has 0 fully saturated rings. The highest BCUT2D eigenvalue weighted by Gasteiger charge is 2.14. The zero-order valence-corrected chi connectivity index (χ0v) is 14.1. The fourth-order valence-corrected chi connectivity index (χ4v) is 2.84. The number of fused-ring (bicyclic) bond motifs is 1. The minimum Gasteiger partial charge on any atom is -0.454 e. The number of benzene rings is 1. The number of pyridine rings is 1. The number of hydrogen-bond donors (Lipinski definition) is 1. The SMILES string of the molecule is OC(COCc1ccc2c(c1)OCO2)Cn1ccnc1-c1ccncc1. The van der Waals surface area contributed by atoms with Crippen LogP contribution in [-0.2, 0) is 17.9 Å². The Morgan fingerprint density at radius 1 is 1.12 bits per heavy atom. The van der Waals surface area contributed by atoms with Crippen molar-refractivity contribution in [1.29, 1.82) is 0 Å². The van der Waals surface area contributed by atoms with Crippen LogP contribution in [0.2, 0.25) is 0 Å². The van der Waals surface area contributed by atoms with Gasteiger partial charge in [0.1, 0.15) is 5.82 Å². The van der Waals surface area contributed by atoms with Gasteiger partial charge in [-0.25, -0.2) is 4.98 Å². The Labute approximate surface area is 150 Å². The van der Waals surface area contributed by atoms with Crippen molar-refractivity contribution in [2.24, 2.45) is 0 Å². The summed E-state index contributed by atoms with van der Waals surface area (Å²) in [6.07, 6.45) is 6.37. The quantitative estimate of drug-likeness (QED) is 0.702. The van der Waals surface area contributed by atoms with E-state index in [0.717, 1.165) is 28.5 Å². The summed E-state index contributed by atoms with van der Waals surface area (Å²) in [5.74, 6) is 2.27. The zero-order valence-electron chi connectivity index (χ0n) is 14.1. The first-order chi connectivity index (χ1) is 12.8. The molecule has 3 heterocycles. The van der Waals surface area contributed by atoms with E-state index in [1.807, 2.05) is 41.1 Å². The predicted molar refractivity (Wildman–Crippen MR) is 93.7 cm³/mol. The largest absolute Gasteiger partial charge is 0.454 e. The lowest BCUT2D eigenvalue weighted by Crippen LogP contribution is -2.22. The molecule has 1 aliphatic heterocycles. The molecule has 1 aromatic carbocycles. The predicted octanol–water partition coefficient (Wildman–Crippen LogP) is 2.25. The first kappa shape index (κ1) is 16.6. The van der Waals surface area contributed by atoms with Gasteiger partial charge in [0, 0.05) is 30.4 Å². The van der Waals surface area contributed by atoms with Crippen molar-refractivity contribution in [2.75, 3.05) is 13.4 Å². The van der Waals surface area contributed by atoms with Crippen LogP contribution in [0.15, 0.2) is 55.1 Å². The van der Waals surface area contributed by atoms with Crippen LogP contribution in [0.4, 0.5) is 0 Å². The average molecular weight is 353 g/mol. The van der Waals surface area contributed by atoms with E-state index in [0.29, 0.717) is 13.2 Å². The van der Waals surface area contributed by atoms with Crippen LogP contribution in [0.3, 0.4) is 0 Å².